The lowest BCUT2D eigenvalue weighted by atomic mass is 9.64. The van der Waals surface area contributed by atoms with Crippen LogP contribution in [0.3, 0.4) is 0 Å². The van der Waals surface area contributed by atoms with Crippen molar-refractivity contribution in [2.75, 3.05) is 45.5 Å². The zero-order valence-electron chi connectivity index (χ0n) is 47.3. The van der Waals surface area contributed by atoms with E-state index in [9.17, 15) is 15.0 Å². The number of benzene rings is 4. The van der Waals surface area contributed by atoms with Gasteiger partial charge in [-0.15, -0.1) is 5.92 Å². The first-order chi connectivity index (χ1) is 40.1. The van der Waals surface area contributed by atoms with Crippen molar-refractivity contribution >= 4 is 33.6 Å². The van der Waals surface area contributed by atoms with Gasteiger partial charge in [-0.25, -0.2) is 0 Å². The van der Waals surface area contributed by atoms with E-state index in [1.807, 2.05) is 27.7 Å². The van der Waals surface area contributed by atoms with Crippen molar-refractivity contribution in [2.24, 2.45) is 29.4 Å². The van der Waals surface area contributed by atoms with E-state index in [0.717, 1.165) is 113 Å². The van der Waals surface area contributed by atoms with Gasteiger partial charge < -0.3 is 55.6 Å². The Morgan fingerprint density at radius 1 is 0.939 bits per heavy atom. The highest BCUT2D eigenvalue weighted by atomic mass is 33.1. The number of phenolic OH excluding ortho intramolecular Hbond substituents is 2. The van der Waals surface area contributed by atoms with E-state index in [4.69, 9.17) is 29.4 Å². The van der Waals surface area contributed by atoms with Crippen molar-refractivity contribution in [3.8, 4) is 63.6 Å². The first kappa shape index (κ1) is 55.2. The molecular weight excluding hydrogens is 1060 g/mol. The maximum atomic E-state index is 13.4. The van der Waals surface area contributed by atoms with Gasteiger partial charge >= 0.3 is 5.97 Å². The Hall–Kier alpha value is -5.97. The molecule has 428 valence electrons. The number of carbonyl (C=O) groups excluding carboxylic acids is 1. The fourth-order valence-corrected chi connectivity index (χ4v) is 18.2. The lowest BCUT2D eigenvalue weighted by molar-refractivity contribution is -0.141. The minimum absolute atomic E-state index is 0.0403. The molecule has 6 heterocycles. The van der Waals surface area contributed by atoms with Crippen molar-refractivity contribution in [3.63, 3.8) is 0 Å². The van der Waals surface area contributed by atoms with Crippen molar-refractivity contribution in [2.45, 2.75) is 138 Å². The lowest BCUT2D eigenvalue weighted by Crippen LogP contribution is -2.49. The highest BCUT2D eigenvalue weighted by Gasteiger charge is 2.53. The number of allylic oxidation sites excluding steroid dienone is 3. The minimum Gasteiger partial charge on any atom is -0.508 e. The fourth-order valence-electron chi connectivity index (χ4n) is 15.5. The Balaban J connectivity index is 1.10. The van der Waals surface area contributed by atoms with Crippen LogP contribution in [0.2, 0.25) is 0 Å². The highest BCUT2D eigenvalue weighted by Crippen LogP contribution is 2.64. The van der Waals surface area contributed by atoms with Gasteiger partial charge in [-0.2, -0.15) is 0 Å². The van der Waals surface area contributed by atoms with Gasteiger partial charge in [-0.3, -0.25) is 4.79 Å². The number of nitrogens with one attached hydrogen (secondary N) is 3. The normalized spacial score (nSPS) is 30.3. The molecule has 1 spiro atoms. The molecule has 14 heteroatoms. The van der Waals surface area contributed by atoms with Gasteiger partial charge in [0.2, 0.25) is 0 Å². The summed E-state index contributed by atoms with van der Waals surface area (Å²) in [6.45, 7) is 3.03. The summed E-state index contributed by atoms with van der Waals surface area (Å²) in [6, 6.07) is 19.0. The third-order valence-corrected chi connectivity index (χ3v) is 21.8. The first-order valence-electron chi connectivity index (χ1n) is 29.9. The number of aryl methyl sites for hydroxylation is 1. The number of hydrogen-bond acceptors (Lipinski definition) is 14. The van der Waals surface area contributed by atoms with E-state index >= 15 is 0 Å². The topological polar surface area (TPSA) is 166 Å². The summed E-state index contributed by atoms with van der Waals surface area (Å²) in [5.41, 5.74) is 17.6. The molecule has 12 nitrogen and oxygen atoms in total. The third kappa shape index (κ3) is 10.6. The third-order valence-electron chi connectivity index (χ3n) is 19.3. The molecule has 0 amide bonds. The number of ether oxygens (including phenoxy) is 5. The van der Waals surface area contributed by atoms with Crippen LogP contribution >= 0.6 is 21.6 Å². The second-order valence-corrected chi connectivity index (χ2v) is 27.0. The van der Waals surface area contributed by atoms with Gasteiger partial charge in [0.15, 0.2) is 11.5 Å². The number of carbonyl (C=O) groups is 1. The van der Waals surface area contributed by atoms with E-state index in [1.54, 1.807) is 20.3 Å². The summed E-state index contributed by atoms with van der Waals surface area (Å²) >= 11 is 0. The molecule has 9 aliphatic rings. The number of fused-ring (bicyclic) bond motifs is 10. The highest BCUT2D eigenvalue weighted by molar-refractivity contribution is 8.76. The van der Waals surface area contributed by atoms with Gasteiger partial charge in [0.1, 0.15) is 42.0 Å². The summed E-state index contributed by atoms with van der Waals surface area (Å²) in [7, 11) is 7.21. The van der Waals surface area contributed by atoms with Gasteiger partial charge in [0.05, 0.1) is 30.9 Å². The lowest BCUT2D eigenvalue weighted by Gasteiger charge is -2.40. The van der Waals surface area contributed by atoms with Gasteiger partial charge in [0, 0.05) is 96.0 Å². The summed E-state index contributed by atoms with van der Waals surface area (Å²) in [5, 5.41) is 36.3. The Morgan fingerprint density at radius 3 is 2.67 bits per heavy atom. The summed E-state index contributed by atoms with van der Waals surface area (Å²) < 4.78 is 33.6. The second-order valence-electron chi connectivity index (χ2n) is 24.4. The molecule has 6 aliphatic heterocycles. The van der Waals surface area contributed by atoms with Gasteiger partial charge in [-0.05, 0) is 140 Å². The van der Waals surface area contributed by atoms with Crippen LogP contribution in [0.4, 0.5) is 0 Å². The Labute approximate surface area is 490 Å². The van der Waals surface area contributed by atoms with E-state index in [0.29, 0.717) is 72.9 Å². The predicted octanol–water partition coefficient (Wildman–Crippen LogP) is 11.0. The van der Waals surface area contributed by atoms with Crippen LogP contribution < -0.4 is 35.9 Å². The number of aromatic hydroxyl groups is 2. The molecule has 0 radical (unpaired) electrons. The van der Waals surface area contributed by atoms with Crippen molar-refractivity contribution < 1.29 is 38.7 Å². The summed E-state index contributed by atoms with van der Waals surface area (Å²) in [6.07, 6.45) is 18.3. The van der Waals surface area contributed by atoms with Crippen LogP contribution in [0.25, 0.3) is 17.2 Å². The van der Waals surface area contributed by atoms with E-state index in [1.165, 1.54) is 25.3 Å². The average Bonchev–Trinajstić information content (AvgIpc) is 3.27. The monoisotopic (exact) mass is 1140 g/mol. The molecule has 13 rings (SSSR count). The van der Waals surface area contributed by atoms with Crippen molar-refractivity contribution in [3.05, 3.63) is 129 Å². The first-order valence-corrected chi connectivity index (χ1v) is 32.4. The van der Waals surface area contributed by atoms with Crippen LogP contribution in [0.5, 0.6) is 28.7 Å². The van der Waals surface area contributed by atoms with Crippen LogP contribution in [0.15, 0.2) is 84.1 Å². The quantitative estimate of drug-likeness (QED) is 0.0561. The number of nitrogens with two attached hydrogens (primary N) is 1. The van der Waals surface area contributed by atoms with Crippen LogP contribution in [-0.2, 0) is 39.1 Å². The zero-order valence-corrected chi connectivity index (χ0v) is 49.0. The SMILES string of the molecule is COC[C@H]1CC#C[C@H]2C#CC3=C(C=CC(N)N3)[C@@H](CCc3ccccc3)[C@@H]3CC[C@@]4(Cc5cc(O)cc(OC)c5-c5ccc6c(c54)O[C@H](c4c5c(c(O)c(c42)CNCC1)O[C@H]1CSSC[C@@H]2CCC[C@H](C2)N[C@H]1C=C5)[C@H]6COC(C)=O)C3. The van der Waals surface area contributed by atoms with E-state index < -0.39 is 29.5 Å². The smallest absolute Gasteiger partial charge is 0.302 e. The average molecular weight is 1140 g/mol. The maximum Gasteiger partial charge on any atom is 0.302 e. The van der Waals surface area contributed by atoms with E-state index in [-0.39, 0.29) is 54.0 Å². The minimum atomic E-state index is -0.760. The molecule has 4 aromatic rings. The molecule has 3 aliphatic carbocycles. The number of phenols is 2. The molecule has 82 heavy (non-hydrogen) atoms. The number of rotatable bonds is 8. The maximum absolute atomic E-state index is 13.4. The zero-order chi connectivity index (χ0) is 56.1. The van der Waals surface area contributed by atoms with Gasteiger partial charge in [-0.1, -0.05) is 101 Å². The molecule has 6 bridgehead atoms. The Morgan fingerprint density at radius 2 is 1.82 bits per heavy atom. The van der Waals surface area contributed by atoms with Crippen LogP contribution in [-0.4, -0.2) is 86.0 Å². The molecule has 1 unspecified atom stereocenters. The Bertz CT molecular complexity index is 3360. The number of esters is 1. The molecule has 1 saturated heterocycles. The molecule has 2 saturated carbocycles. The van der Waals surface area contributed by atoms with Crippen LogP contribution in [0, 0.1) is 47.4 Å². The van der Waals surface area contributed by atoms with E-state index in [2.05, 4.69) is 106 Å². The predicted molar refractivity (Wildman–Crippen MR) is 325 cm³/mol. The molecular formula is C68H76N4O8S2. The second kappa shape index (κ2) is 23.6. The largest absolute Gasteiger partial charge is 0.508 e. The standard InChI is InChI=1S/C68H76N4O8S2/c1-39(73)78-36-54-50-18-19-51-60-45(30-47(74)31-57(60)77-3)33-68-27-25-44(32-68)48(17-15-40-9-5-4-6-10-40)49-21-24-59(69)72-55(49)22-16-43-13-7-11-41(35-76-2)26-28-70-34-53-61(43)62(65(54)80-66(50)63(51)68)52-20-23-56-58(79-67(52)64(53)75)38-82-81-37-42-12-8-14-46(29-42)71-56/h4-6,9-10,18-21,23-24,30-31,41-44,46,48,54,56,58-59,65,70-72,74-75H,8,11-12,14-15,17,25-29,32-38,69H2,1-3H3/t41-,42+,43-,44+,46+,48-,54-,56-,58-,59?,65-,68-/m0/s1. The molecule has 7 N–H and O–H groups in total. The van der Waals surface area contributed by atoms with Crippen LogP contribution in [0.1, 0.15) is 134 Å². The number of hydrogen-bond donors (Lipinski definition) is 6. The molecule has 12 atom stereocenters. The fraction of sp³-hybridized carbons (Fsp3) is 0.485. The summed E-state index contributed by atoms with van der Waals surface area (Å²) in [5.74, 6) is 18.3. The van der Waals surface area contributed by atoms with Crippen molar-refractivity contribution in [1.29, 1.82) is 0 Å². The summed E-state index contributed by atoms with van der Waals surface area (Å²) in [4.78, 5) is 13.2. The van der Waals surface area contributed by atoms with Crippen molar-refractivity contribution in [1.82, 2.24) is 16.0 Å². The molecule has 3 fully saturated rings. The van der Waals surface area contributed by atoms with Gasteiger partial charge in [0.25, 0.3) is 0 Å². The number of dihydropyridines is 1. The molecule has 4 aromatic carbocycles. The number of methoxy groups -OCH3 is 2. The molecule has 0 aromatic heterocycles. The Kier molecular flexibility index (Phi) is 15.9.